The monoisotopic (exact) mass is 694 g/mol. The number of rotatable bonds is 6. The van der Waals surface area contributed by atoms with E-state index < -0.39 is 43.9 Å². The zero-order valence-electron chi connectivity index (χ0n) is 22.7. The molecule has 0 bridgehead atoms. The van der Waals surface area contributed by atoms with E-state index >= 15 is 0 Å². The lowest BCUT2D eigenvalue weighted by Gasteiger charge is -2.28. The number of hydrogen-bond donors (Lipinski definition) is 2. The lowest BCUT2D eigenvalue weighted by Crippen LogP contribution is -2.40. The first-order valence-corrected chi connectivity index (χ1v) is 16.6. The summed E-state index contributed by atoms with van der Waals surface area (Å²) in [7, 11) is -7.13. The highest BCUT2D eigenvalue weighted by atomic mass is 35.5. The Bertz CT molecular complexity index is 1840. The van der Waals surface area contributed by atoms with Crippen molar-refractivity contribution in [2.45, 2.75) is 30.6 Å². The molecule has 0 saturated heterocycles. The van der Waals surface area contributed by atoms with E-state index in [2.05, 4.69) is 14.2 Å². The van der Waals surface area contributed by atoms with Crippen LogP contribution in [0.25, 0.3) is 6.08 Å². The molecular weight excluding hydrogens is 672 g/mol. The summed E-state index contributed by atoms with van der Waals surface area (Å²) in [5.41, 5.74) is 0.219. The van der Waals surface area contributed by atoms with E-state index in [1.807, 2.05) is 0 Å². The van der Waals surface area contributed by atoms with Crippen LogP contribution < -0.4 is 18.9 Å². The van der Waals surface area contributed by atoms with Gasteiger partial charge >= 0.3 is 12.1 Å². The number of anilines is 1. The molecule has 1 atom stereocenters. The molecule has 0 spiro atoms. The molecule has 0 unspecified atom stereocenters. The zero-order chi connectivity index (χ0) is 32.4. The summed E-state index contributed by atoms with van der Waals surface area (Å²) in [6, 6.07) is 14.1. The summed E-state index contributed by atoms with van der Waals surface area (Å²) in [6.07, 6.45) is -5.16. The van der Waals surface area contributed by atoms with Gasteiger partial charge in [-0.2, -0.15) is 13.2 Å². The highest BCUT2D eigenvalue weighted by Crippen LogP contribution is 2.42. The van der Waals surface area contributed by atoms with E-state index in [1.54, 1.807) is 30.3 Å². The fourth-order valence-electron chi connectivity index (χ4n) is 4.08. The smallest absolute Gasteiger partial charge is 0.430 e. The Labute approximate surface area is 260 Å². The van der Waals surface area contributed by atoms with Gasteiger partial charge in [-0.3, -0.25) is 4.72 Å². The minimum atomic E-state index is -4.78. The predicted octanol–water partition coefficient (Wildman–Crippen LogP) is 5.91. The lowest BCUT2D eigenvalue weighted by atomic mass is 10.0. The maximum Gasteiger partial charge on any atom is 0.430 e. The summed E-state index contributed by atoms with van der Waals surface area (Å²) in [5.74, 6) is -0.682. The SMILES string of the molecule is CCOC(=O)C1=Cc2cc(Cl)cc(Cl)c2O[C@@H]1C(F)(F)F.CS(=O)(=O)Nc1cc2c(cc1Oc1ccccc1)S(=O)(=O)NC2. The number of fused-ring (bicyclic) bond motifs is 2. The van der Waals surface area contributed by atoms with Crippen LogP contribution in [0, 0.1) is 0 Å². The normalized spacial score (nSPS) is 16.7. The third kappa shape index (κ3) is 7.95. The highest BCUT2D eigenvalue weighted by Gasteiger charge is 2.49. The van der Waals surface area contributed by atoms with Crippen LogP contribution in [0.2, 0.25) is 10.0 Å². The average molecular weight is 696 g/mol. The molecule has 44 heavy (non-hydrogen) atoms. The van der Waals surface area contributed by atoms with E-state index in [0.717, 1.165) is 12.3 Å². The van der Waals surface area contributed by atoms with Crippen molar-refractivity contribution in [3.05, 3.63) is 81.3 Å². The van der Waals surface area contributed by atoms with Crippen LogP contribution in [0.15, 0.2) is 65.1 Å². The largest absolute Gasteiger partial charge is 0.474 e. The van der Waals surface area contributed by atoms with Crippen LogP contribution in [0.5, 0.6) is 17.2 Å². The standard InChI is InChI=1S/C14H14N2O5S2.C13H9Cl2F3O3/c1-22(17,18)16-12-7-10-9-15-23(19,20)14(10)8-13(12)21-11-5-3-2-4-6-11;1-2-20-12(19)8-4-6-3-7(14)5-9(15)10(6)21-11(8)13(16,17)18/h2-8,15-16H,9H2,1H3;3-5,11H,2H2,1H3/t;11-/m.0/s1. The molecule has 2 heterocycles. The summed E-state index contributed by atoms with van der Waals surface area (Å²) in [6.45, 7) is 1.55. The first-order valence-electron chi connectivity index (χ1n) is 12.5. The molecule has 0 amide bonds. The number of carbonyl (C=O) groups excluding carboxylic acids is 1. The van der Waals surface area contributed by atoms with Crippen LogP contribution in [0.3, 0.4) is 0 Å². The summed E-state index contributed by atoms with van der Waals surface area (Å²) in [5, 5.41) is 0.151. The van der Waals surface area contributed by atoms with Crippen molar-refractivity contribution >= 4 is 61.0 Å². The second-order valence-electron chi connectivity index (χ2n) is 9.24. The molecule has 0 fully saturated rings. The van der Waals surface area contributed by atoms with E-state index in [9.17, 15) is 34.8 Å². The van der Waals surface area contributed by atoms with Gasteiger partial charge in [0.1, 0.15) is 11.5 Å². The minimum Gasteiger partial charge on any atom is -0.474 e. The van der Waals surface area contributed by atoms with Crippen molar-refractivity contribution < 1.29 is 49.0 Å². The quantitative estimate of drug-likeness (QED) is 0.304. The van der Waals surface area contributed by atoms with Gasteiger partial charge in [0, 0.05) is 23.2 Å². The Balaban J connectivity index is 0.000000202. The molecule has 10 nitrogen and oxygen atoms in total. The number of sulfonamides is 2. The molecule has 0 radical (unpaired) electrons. The zero-order valence-corrected chi connectivity index (χ0v) is 25.9. The van der Waals surface area contributed by atoms with Gasteiger partial charge in [-0.05, 0) is 48.9 Å². The molecule has 0 aromatic heterocycles. The maximum absolute atomic E-state index is 13.1. The topological polar surface area (TPSA) is 137 Å². The lowest BCUT2D eigenvalue weighted by molar-refractivity contribution is -0.187. The van der Waals surface area contributed by atoms with Crippen molar-refractivity contribution in [2.24, 2.45) is 0 Å². The third-order valence-electron chi connectivity index (χ3n) is 5.85. The Morgan fingerprint density at radius 1 is 1.14 bits per heavy atom. The van der Waals surface area contributed by atoms with Crippen molar-refractivity contribution in [1.29, 1.82) is 0 Å². The first kappa shape index (κ1) is 33.4. The molecule has 3 aromatic carbocycles. The molecule has 2 N–H and O–H groups in total. The molecule has 2 aliphatic rings. The van der Waals surface area contributed by atoms with E-state index in [1.165, 1.54) is 31.2 Å². The molecule has 5 rings (SSSR count). The predicted molar refractivity (Wildman–Crippen MR) is 157 cm³/mol. The number of halogens is 5. The van der Waals surface area contributed by atoms with Crippen LogP contribution in [-0.2, 0) is 36.1 Å². The molecule has 236 valence electrons. The first-order chi connectivity index (χ1) is 20.5. The summed E-state index contributed by atoms with van der Waals surface area (Å²) >= 11 is 11.6. The van der Waals surface area contributed by atoms with Crippen LogP contribution in [0.4, 0.5) is 18.9 Å². The minimum absolute atomic E-state index is 0.0517. The van der Waals surface area contributed by atoms with Crippen LogP contribution in [0.1, 0.15) is 18.1 Å². The average Bonchev–Trinajstić information content (AvgIpc) is 3.21. The molecule has 3 aromatic rings. The van der Waals surface area contributed by atoms with Gasteiger partial charge in [0.25, 0.3) is 0 Å². The van der Waals surface area contributed by atoms with Gasteiger partial charge in [0.2, 0.25) is 26.2 Å². The number of ether oxygens (including phenoxy) is 3. The fraction of sp³-hybridized carbons (Fsp3) is 0.222. The highest BCUT2D eigenvalue weighted by molar-refractivity contribution is 7.92. The third-order valence-corrected chi connectivity index (χ3v) is 8.42. The summed E-state index contributed by atoms with van der Waals surface area (Å²) < 4.78 is 106. The van der Waals surface area contributed by atoms with Gasteiger partial charge < -0.3 is 14.2 Å². The van der Waals surface area contributed by atoms with Crippen molar-refractivity contribution in [2.75, 3.05) is 17.6 Å². The number of carbonyl (C=O) groups is 1. The maximum atomic E-state index is 13.1. The number of para-hydroxylation sites is 1. The van der Waals surface area contributed by atoms with Crippen LogP contribution in [-0.4, -0.2) is 47.9 Å². The number of esters is 1. The van der Waals surface area contributed by atoms with Gasteiger partial charge in [0.05, 0.1) is 34.0 Å². The Hall–Kier alpha value is -3.50. The second kappa shape index (κ2) is 12.9. The molecule has 2 aliphatic heterocycles. The Kier molecular flexibility index (Phi) is 9.75. The molecule has 0 aliphatic carbocycles. The van der Waals surface area contributed by atoms with Gasteiger partial charge in [-0.25, -0.2) is 26.4 Å². The van der Waals surface area contributed by atoms with Crippen molar-refractivity contribution in [1.82, 2.24) is 4.72 Å². The fourth-order valence-corrected chi connectivity index (χ4v) is 6.44. The van der Waals surface area contributed by atoms with Crippen LogP contribution >= 0.6 is 23.2 Å². The number of hydrogen-bond acceptors (Lipinski definition) is 8. The Morgan fingerprint density at radius 2 is 1.82 bits per heavy atom. The summed E-state index contributed by atoms with van der Waals surface area (Å²) in [4.78, 5) is 11.8. The van der Waals surface area contributed by atoms with Gasteiger partial charge in [-0.15, -0.1) is 0 Å². The van der Waals surface area contributed by atoms with Gasteiger partial charge in [0.15, 0.2) is 5.75 Å². The van der Waals surface area contributed by atoms with Gasteiger partial charge in [-0.1, -0.05) is 41.4 Å². The molecule has 17 heteroatoms. The van der Waals surface area contributed by atoms with E-state index in [-0.39, 0.29) is 50.8 Å². The van der Waals surface area contributed by atoms with E-state index in [4.69, 9.17) is 32.7 Å². The Morgan fingerprint density at radius 3 is 2.43 bits per heavy atom. The van der Waals surface area contributed by atoms with Crippen molar-refractivity contribution in [3.8, 4) is 17.2 Å². The number of alkyl halides is 3. The second-order valence-corrected chi connectivity index (χ2v) is 13.6. The molecular formula is C27H23Cl2F3N2O8S2. The number of benzene rings is 3. The molecule has 0 saturated carbocycles. The van der Waals surface area contributed by atoms with Crippen molar-refractivity contribution in [3.63, 3.8) is 0 Å². The number of nitrogens with one attached hydrogen (secondary N) is 2. The van der Waals surface area contributed by atoms with E-state index in [0.29, 0.717) is 11.3 Å².